The van der Waals surface area contributed by atoms with Crippen molar-refractivity contribution < 1.29 is 10.2 Å². The minimum absolute atomic E-state index is 0.298. The number of nitrogens with zero attached hydrogens (tertiary/aromatic N) is 1. The molecule has 1 unspecified atom stereocenters. The zero-order valence-corrected chi connectivity index (χ0v) is 11.8. The van der Waals surface area contributed by atoms with E-state index < -0.39 is 5.60 Å². The molecular weight excluding hydrogens is 226 g/mol. The highest BCUT2D eigenvalue weighted by atomic mass is 16.3. The van der Waals surface area contributed by atoms with Crippen LogP contribution in [0.4, 0.5) is 0 Å². The van der Waals surface area contributed by atoms with E-state index in [4.69, 9.17) is 5.11 Å². The lowest BCUT2D eigenvalue weighted by molar-refractivity contribution is -0.0384. The third-order valence-corrected chi connectivity index (χ3v) is 4.90. The fourth-order valence-corrected chi connectivity index (χ4v) is 3.59. The van der Waals surface area contributed by atoms with Crippen molar-refractivity contribution in [3.63, 3.8) is 0 Å². The molecule has 0 aromatic heterocycles. The maximum Gasteiger partial charge on any atom is 0.0774 e. The van der Waals surface area contributed by atoms with Crippen LogP contribution in [0.15, 0.2) is 0 Å². The topological polar surface area (TPSA) is 43.7 Å². The predicted octanol–water partition coefficient (Wildman–Crippen LogP) is 2.16. The summed E-state index contributed by atoms with van der Waals surface area (Å²) in [6, 6.07) is 0.598. The van der Waals surface area contributed by atoms with Crippen molar-refractivity contribution in [1.82, 2.24) is 4.90 Å². The summed E-state index contributed by atoms with van der Waals surface area (Å²) in [5.74, 6) is 0.786. The van der Waals surface area contributed by atoms with Gasteiger partial charge in [0.05, 0.1) is 5.60 Å². The lowest BCUT2D eigenvalue weighted by atomic mass is 9.79. The van der Waals surface area contributed by atoms with E-state index in [1.54, 1.807) is 0 Å². The molecule has 2 N–H and O–H groups in total. The molecule has 1 saturated carbocycles. The number of likely N-dealkylation sites (tertiary alicyclic amines) is 1. The standard InChI is InChI=1S/C15H29NO2/c1-13-6-8-15(18,9-7-13)12-16-10-2-4-14(16)5-3-11-17/h13-14,17-18H,2-12H2,1H3. The van der Waals surface area contributed by atoms with Gasteiger partial charge in [-0.2, -0.15) is 0 Å². The van der Waals surface area contributed by atoms with Crippen LogP contribution >= 0.6 is 0 Å². The van der Waals surface area contributed by atoms with Gasteiger partial charge >= 0.3 is 0 Å². The number of aliphatic hydroxyl groups is 2. The molecule has 0 aromatic carbocycles. The maximum absolute atomic E-state index is 10.7. The second-order valence-electron chi connectivity index (χ2n) is 6.54. The molecule has 2 fully saturated rings. The predicted molar refractivity (Wildman–Crippen MR) is 73.5 cm³/mol. The van der Waals surface area contributed by atoms with E-state index in [1.165, 1.54) is 25.7 Å². The van der Waals surface area contributed by atoms with Crippen molar-refractivity contribution in [2.75, 3.05) is 19.7 Å². The highest BCUT2D eigenvalue weighted by molar-refractivity contribution is 4.91. The highest BCUT2D eigenvalue weighted by Crippen LogP contribution is 2.34. The summed E-state index contributed by atoms with van der Waals surface area (Å²) >= 11 is 0. The van der Waals surface area contributed by atoms with Crippen molar-refractivity contribution in [3.05, 3.63) is 0 Å². The molecule has 2 rings (SSSR count). The summed E-state index contributed by atoms with van der Waals surface area (Å²) in [7, 11) is 0. The molecule has 3 nitrogen and oxygen atoms in total. The Bertz CT molecular complexity index is 249. The average Bonchev–Trinajstić information content (AvgIpc) is 2.78. The Balaban J connectivity index is 1.83. The monoisotopic (exact) mass is 255 g/mol. The fraction of sp³-hybridized carbons (Fsp3) is 1.00. The summed E-state index contributed by atoms with van der Waals surface area (Å²) in [4.78, 5) is 2.48. The number of hydrogen-bond donors (Lipinski definition) is 2. The molecule has 0 radical (unpaired) electrons. The SMILES string of the molecule is CC1CCC(O)(CN2CCCC2CCCO)CC1. The molecule has 1 atom stereocenters. The van der Waals surface area contributed by atoms with E-state index >= 15 is 0 Å². The van der Waals surface area contributed by atoms with E-state index in [0.29, 0.717) is 12.6 Å². The molecular formula is C15H29NO2. The first-order valence-electron chi connectivity index (χ1n) is 7.70. The summed E-state index contributed by atoms with van der Waals surface area (Å²) in [5, 5.41) is 19.6. The lowest BCUT2D eigenvalue weighted by Crippen LogP contribution is -2.47. The molecule has 106 valence electrons. The Morgan fingerprint density at radius 1 is 1.22 bits per heavy atom. The van der Waals surface area contributed by atoms with E-state index in [-0.39, 0.29) is 0 Å². The summed E-state index contributed by atoms with van der Waals surface area (Å²) in [6.07, 6.45) is 8.76. The van der Waals surface area contributed by atoms with Gasteiger partial charge in [-0.1, -0.05) is 6.92 Å². The van der Waals surface area contributed by atoms with Crippen molar-refractivity contribution >= 4 is 0 Å². The molecule has 3 heteroatoms. The van der Waals surface area contributed by atoms with Gasteiger partial charge in [-0.25, -0.2) is 0 Å². The Labute approximate surface area is 111 Å². The van der Waals surface area contributed by atoms with Gasteiger partial charge in [0.1, 0.15) is 0 Å². The Morgan fingerprint density at radius 3 is 2.61 bits per heavy atom. The quantitative estimate of drug-likeness (QED) is 0.791. The summed E-state index contributed by atoms with van der Waals surface area (Å²) in [6.45, 7) is 4.58. The second-order valence-corrected chi connectivity index (χ2v) is 6.54. The summed E-state index contributed by atoms with van der Waals surface area (Å²) < 4.78 is 0. The number of aliphatic hydroxyl groups excluding tert-OH is 1. The van der Waals surface area contributed by atoms with Gasteiger partial charge < -0.3 is 10.2 Å². The molecule has 2 aliphatic rings. The molecule has 1 saturated heterocycles. The minimum atomic E-state index is -0.436. The van der Waals surface area contributed by atoms with E-state index in [1.807, 2.05) is 0 Å². The van der Waals surface area contributed by atoms with Crippen molar-refractivity contribution in [3.8, 4) is 0 Å². The van der Waals surface area contributed by atoms with Crippen LogP contribution in [0.2, 0.25) is 0 Å². The lowest BCUT2D eigenvalue weighted by Gasteiger charge is -2.39. The smallest absolute Gasteiger partial charge is 0.0774 e. The number of rotatable bonds is 5. The van der Waals surface area contributed by atoms with Crippen molar-refractivity contribution in [1.29, 1.82) is 0 Å². The van der Waals surface area contributed by atoms with E-state index in [2.05, 4.69) is 11.8 Å². The van der Waals surface area contributed by atoms with Gasteiger partial charge in [0, 0.05) is 19.2 Å². The first-order chi connectivity index (χ1) is 8.63. The van der Waals surface area contributed by atoms with Gasteiger partial charge in [-0.3, -0.25) is 4.90 Å². The highest BCUT2D eigenvalue weighted by Gasteiger charge is 2.36. The normalized spacial score (nSPS) is 38.2. The van der Waals surface area contributed by atoms with E-state index in [0.717, 1.165) is 44.7 Å². The molecule has 18 heavy (non-hydrogen) atoms. The van der Waals surface area contributed by atoms with Crippen molar-refractivity contribution in [2.24, 2.45) is 5.92 Å². The first-order valence-corrected chi connectivity index (χ1v) is 7.70. The van der Waals surface area contributed by atoms with Crippen LogP contribution in [-0.2, 0) is 0 Å². The van der Waals surface area contributed by atoms with Gasteiger partial charge in [-0.05, 0) is 63.8 Å². The van der Waals surface area contributed by atoms with Gasteiger partial charge in [0.25, 0.3) is 0 Å². The molecule has 1 aliphatic heterocycles. The van der Waals surface area contributed by atoms with Crippen LogP contribution in [-0.4, -0.2) is 46.5 Å². The molecule has 0 aromatic rings. The Hall–Kier alpha value is -0.120. The van der Waals surface area contributed by atoms with Gasteiger partial charge in [-0.15, -0.1) is 0 Å². The first kappa shape index (κ1) is 14.3. The molecule has 1 heterocycles. The minimum Gasteiger partial charge on any atom is -0.396 e. The maximum atomic E-state index is 10.7. The average molecular weight is 255 g/mol. The number of β-amino-alcohol motifs (C(OH)–C–C–N with tert-alkyl or cyclic N) is 1. The zero-order valence-electron chi connectivity index (χ0n) is 11.8. The van der Waals surface area contributed by atoms with Gasteiger partial charge in [0.15, 0.2) is 0 Å². The zero-order chi connectivity index (χ0) is 13.0. The summed E-state index contributed by atoms with van der Waals surface area (Å²) in [5.41, 5.74) is -0.436. The second kappa shape index (κ2) is 6.36. The molecule has 0 spiro atoms. The third-order valence-electron chi connectivity index (χ3n) is 4.90. The van der Waals surface area contributed by atoms with E-state index in [9.17, 15) is 5.11 Å². The fourth-order valence-electron chi connectivity index (χ4n) is 3.59. The van der Waals surface area contributed by atoms with Crippen molar-refractivity contribution in [2.45, 2.75) is 69.9 Å². The largest absolute Gasteiger partial charge is 0.396 e. The number of hydrogen-bond acceptors (Lipinski definition) is 3. The van der Waals surface area contributed by atoms with Crippen LogP contribution in [0.1, 0.15) is 58.3 Å². The van der Waals surface area contributed by atoms with Gasteiger partial charge in [0.2, 0.25) is 0 Å². The third kappa shape index (κ3) is 3.69. The Kier molecular flexibility index (Phi) is 5.05. The molecule has 0 amide bonds. The van der Waals surface area contributed by atoms with Crippen LogP contribution < -0.4 is 0 Å². The molecule has 0 bridgehead atoms. The van der Waals surface area contributed by atoms with Crippen LogP contribution in [0, 0.1) is 5.92 Å². The van der Waals surface area contributed by atoms with Crippen LogP contribution in [0.5, 0.6) is 0 Å². The van der Waals surface area contributed by atoms with Crippen LogP contribution in [0.3, 0.4) is 0 Å². The Morgan fingerprint density at radius 2 is 1.94 bits per heavy atom. The van der Waals surface area contributed by atoms with Crippen LogP contribution in [0.25, 0.3) is 0 Å². The molecule has 1 aliphatic carbocycles.